The summed E-state index contributed by atoms with van der Waals surface area (Å²) in [7, 11) is 0. The summed E-state index contributed by atoms with van der Waals surface area (Å²) in [6.45, 7) is 1.77. The monoisotopic (exact) mass is 285 g/mol. The largest absolute Gasteiger partial charge is 0.367 e. The zero-order chi connectivity index (χ0) is 14.8. The highest BCUT2D eigenvalue weighted by Gasteiger charge is 2.21. The molecule has 6 nitrogen and oxygen atoms in total. The molecule has 3 rings (SSSR count). The van der Waals surface area contributed by atoms with Crippen LogP contribution in [0.4, 0.5) is 5.82 Å². The smallest absolute Gasteiger partial charge is 0.274 e. The normalized spacial score (nSPS) is 21.4. The number of nitrogens with zero attached hydrogens (tertiary/aromatic N) is 3. The molecule has 1 saturated carbocycles. The van der Waals surface area contributed by atoms with Gasteiger partial charge in [-0.05, 0) is 44.4 Å². The Morgan fingerprint density at radius 3 is 2.86 bits per heavy atom. The van der Waals surface area contributed by atoms with Crippen LogP contribution in [0.1, 0.15) is 24.8 Å². The first-order valence-electron chi connectivity index (χ1n) is 7.17. The number of nitrogens with one attached hydrogen (secondary N) is 1. The number of hydrogen-bond acceptors (Lipinski definition) is 5. The molecule has 1 aliphatic rings. The number of rotatable bonds is 3. The number of anilines is 1. The van der Waals surface area contributed by atoms with Crippen LogP contribution in [-0.2, 0) is 0 Å². The van der Waals surface area contributed by atoms with Gasteiger partial charge in [0.05, 0.1) is 11.9 Å². The van der Waals surface area contributed by atoms with E-state index in [1.54, 1.807) is 25.4 Å². The molecule has 3 N–H and O–H groups in total. The predicted octanol–water partition coefficient (Wildman–Crippen LogP) is 1.23. The summed E-state index contributed by atoms with van der Waals surface area (Å²) in [5.41, 5.74) is 7.10. The summed E-state index contributed by atoms with van der Waals surface area (Å²) in [4.78, 5) is 16.4. The Hall–Kier alpha value is -2.21. The van der Waals surface area contributed by atoms with E-state index in [-0.39, 0.29) is 11.6 Å². The van der Waals surface area contributed by atoms with Gasteiger partial charge in [-0.2, -0.15) is 9.78 Å². The molecule has 2 atom stereocenters. The van der Waals surface area contributed by atoms with E-state index in [0.29, 0.717) is 17.3 Å². The zero-order valence-corrected chi connectivity index (χ0v) is 12.0. The molecular formula is C15H19N5O. The van der Waals surface area contributed by atoms with Crippen LogP contribution in [0.15, 0.2) is 35.4 Å². The third-order valence-corrected chi connectivity index (χ3v) is 3.85. The first kappa shape index (κ1) is 13.8. The maximum absolute atomic E-state index is 12.0. The van der Waals surface area contributed by atoms with Gasteiger partial charge in [0, 0.05) is 23.8 Å². The number of nitrogens with two attached hydrogens (primary N) is 1. The second-order valence-electron chi connectivity index (χ2n) is 5.55. The van der Waals surface area contributed by atoms with Crippen LogP contribution < -0.4 is 16.6 Å². The molecule has 2 aromatic rings. The minimum Gasteiger partial charge on any atom is -0.367 e. The molecule has 0 bridgehead atoms. The van der Waals surface area contributed by atoms with Crippen molar-refractivity contribution in [2.24, 2.45) is 5.73 Å². The summed E-state index contributed by atoms with van der Waals surface area (Å²) in [6.07, 6.45) is 6.37. The average molecular weight is 285 g/mol. The average Bonchev–Trinajstić information content (AvgIpc) is 2.88. The van der Waals surface area contributed by atoms with Crippen molar-refractivity contribution in [2.75, 3.05) is 5.32 Å². The fourth-order valence-electron chi connectivity index (χ4n) is 2.64. The molecule has 110 valence electrons. The van der Waals surface area contributed by atoms with Gasteiger partial charge in [0.1, 0.15) is 5.82 Å². The Bertz CT molecular complexity index is 679. The molecule has 2 aromatic heterocycles. The molecule has 0 aromatic carbocycles. The summed E-state index contributed by atoms with van der Waals surface area (Å²) in [6, 6.07) is 6.09. The number of pyridine rings is 1. The van der Waals surface area contributed by atoms with Gasteiger partial charge in [-0.1, -0.05) is 0 Å². The quantitative estimate of drug-likeness (QED) is 0.886. The van der Waals surface area contributed by atoms with Gasteiger partial charge in [0.25, 0.3) is 5.56 Å². The third kappa shape index (κ3) is 2.95. The van der Waals surface area contributed by atoms with Gasteiger partial charge in [0.15, 0.2) is 0 Å². The Labute approximate surface area is 123 Å². The maximum Gasteiger partial charge on any atom is 0.274 e. The maximum atomic E-state index is 12.0. The molecule has 1 fully saturated rings. The van der Waals surface area contributed by atoms with E-state index in [9.17, 15) is 4.79 Å². The third-order valence-electron chi connectivity index (χ3n) is 3.85. The van der Waals surface area contributed by atoms with Crippen molar-refractivity contribution in [1.29, 1.82) is 0 Å². The summed E-state index contributed by atoms with van der Waals surface area (Å²) in [5, 5.41) is 7.46. The van der Waals surface area contributed by atoms with Crippen LogP contribution in [0.25, 0.3) is 5.69 Å². The Balaban J connectivity index is 1.78. The van der Waals surface area contributed by atoms with Crippen molar-refractivity contribution in [3.63, 3.8) is 0 Å². The second kappa shape index (κ2) is 5.65. The Morgan fingerprint density at radius 1 is 1.33 bits per heavy atom. The number of aryl methyl sites for hydroxylation is 1. The van der Waals surface area contributed by atoms with Crippen molar-refractivity contribution in [1.82, 2.24) is 14.8 Å². The summed E-state index contributed by atoms with van der Waals surface area (Å²) >= 11 is 0. The van der Waals surface area contributed by atoms with Gasteiger partial charge >= 0.3 is 0 Å². The molecule has 0 amide bonds. The highest BCUT2D eigenvalue weighted by atomic mass is 16.1. The lowest BCUT2D eigenvalue weighted by Crippen LogP contribution is -2.23. The first-order valence-corrected chi connectivity index (χ1v) is 7.17. The number of aromatic nitrogens is 3. The molecule has 0 aliphatic heterocycles. The predicted molar refractivity (Wildman–Crippen MR) is 81.6 cm³/mol. The van der Waals surface area contributed by atoms with Gasteiger partial charge in [-0.3, -0.25) is 4.79 Å². The lowest BCUT2D eigenvalue weighted by Gasteiger charge is -2.13. The van der Waals surface area contributed by atoms with E-state index in [4.69, 9.17) is 5.73 Å². The molecular weight excluding hydrogens is 266 g/mol. The summed E-state index contributed by atoms with van der Waals surface area (Å²) in [5.74, 6) is 0.804. The standard InChI is InChI=1S/C15H19N5O/c1-10-6-7-18-20(15(10)21)13-4-5-14(17-9-13)19-12-3-2-11(16)8-12/h4-7,9,11-12H,2-3,8,16H2,1H3,(H,17,19)/t11-,12-/m0/s1. The Morgan fingerprint density at radius 2 is 2.19 bits per heavy atom. The fraction of sp³-hybridized carbons (Fsp3) is 0.400. The molecule has 0 radical (unpaired) electrons. The lowest BCUT2D eigenvalue weighted by atomic mass is 10.2. The van der Waals surface area contributed by atoms with E-state index in [2.05, 4.69) is 15.4 Å². The van der Waals surface area contributed by atoms with Crippen LogP contribution in [0, 0.1) is 6.92 Å². The van der Waals surface area contributed by atoms with Crippen LogP contribution in [-0.4, -0.2) is 26.8 Å². The molecule has 2 heterocycles. The van der Waals surface area contributed by atoms with Crippen molar-refractivity contribution in [2.45, 2.75) is 38.3 Å². The minimum absolute atomic E-state index is 0.123. The van der Waals surface area contributed by atoms with Crippen LogP contribution >= 0.6 is 0 Å². The molecule has 0 saturated heterocycles. The van der Waals surface area contributed by atoms with Gasteiger partial charge in [-0.25, -0.2) is 4.98 Å². The van der Waals surface area contributed by atoms with E-state index in [0.717, 1.165) is 25.1 Å². The molecule has 1 aliphatic carbocycles. The molecule has 0 unspecified atom stereocenters. The minimum atomic E-state index is -0.123. The van der Waals surface area contributed by atoms with E-state index in [1.165, 1.54) is 4.68 Å². The van der Waals surface area contributed by atoms with E-state index >= 15 is 0 Å². The SMILES string of the molecule is Cc1ccnn(-c2ccc(N[C@H]3CC[C@H](N)C3)nc2)c1=O. The van der Waals surface area contributed by atoms with Crippen molar-refractivity contribution in [3.8, 4) is 5.69 Å². The second-order valence-corrected chi connectivity index (χ2v) is 5.55. The van der Waals surface area contributed by atoms with E-state index in [1.807, 2.05) is 12.1 Å². The topological polar surface area (TPSA) is 85.8 Å². The molecule has 0 spiro atoms. The highest BCUT2D eigenvalue weighted by molar-refractivity contribution is 5.41. The zero-order valence-electron chi connectivity index (χ0n) is 12.0. The van der Waals surface area contributed by atoms with Gasteiger partial charge in [-0.15, -0.1) is 0 Å². The highest BCUT2D eigenvalue weighted by Crippen LogP contribution is 2.21. The van der Waals surface area contributed by atoms with Crippen LogP contribution in [0.5, 0.6) is 0 Å². The molecule has 21 heavy (non-hydrogen) atoms. The van der Waals surface area contributed by atoms with Gasteiger partial charge in [0.2, 0.25) is 0 Å². The number of hydrogen-bond donors (Lipinski definition) is 2. The lowest BCUT2D eigenvalue weighted by molar-refractivity contribution is 0.686. The van der Waals surface area contributed by atoms with Crippen LogP contribution in [0.2, 0.25) is 0 Å². The van der Waals surface area contributed by atoms with E-state index < -0.39 is 0 Å². The summed E-state index contributed by atoms with van der Waals surface area (Å²) < 4.78 is 1.36. The Kier molecular flexibility index (Phi) is 3.70. The van der Waals surface area contributed by atoms with Gasteiger partial charge < -0.3 is 11.1 Å². The first-order chi connectivity index (χ1) is 10.1. The fourth-order valence-corrected chi connectivity index (χ4v) is 2.64. The van der Waals surface area contributed by atoms with Crippen LogP contribution in [0.3, 0.4) is 0 Å². The molecule has 6 heteroatoms. The van der Waals surface area contributed by atoms with Crippen molar-refractivity contribution >= 4 is 5.82 Å². The van der Waals surface area contributed by atoms with Crippen molar-refractivity contribution in [3.05, 3.63) is 46.5 Å². The van der Waals surface area contributed by atoms with Crippen molar-refractivity contribution < 1.29 is 0 Å².